The smallest absolute Gasteiger partial charge is 0.344 e. The van der Waals surface area contributed by atoms with E-state index in [0.29, 0.717) is 23.4 Å². The monoisotopic (exact) mass is 356 g/mol. The zero-order valence-corrected chi connectivity index (χ0v) is 15.4. The van der Waals surface area contributed by atoms with Gasteiger partial charge in [-0.15, -0.1) is 0 Å². The van der Waals surface area contributed by atoms with Crippen molar-refractivity contribution >= 4 is 11.9 Å². The Morgan fingerprint density at radius 3 is 2.88 bits per heavy atom. The molecule has 1 aliphatic rings. The second-order valence-electron chi connectivity index (χ2n) is 6.60. The number of carbonyl (C=O) groups excluding carboxylic acids is 2. The van der Waals surface area contributed by atoms with Crippen LogP contribution in [0, 0.1) is 6.92 Å². The summed E-state index contributed by atoms with van der Waals surface area (Å²) in [4.78, 5) is 26.6. The lowest BCUT2D eigenvalue weighted by atomic mass is 9.87. The summed E-state index contributed by atoms with van der Waals surface area (Å²) in [7, 11) is 1.77. The summed E-state index contributed by atoms with van der Waals surface area (Å²) >= 11 is 0. The third-order valence-electron chi connectivity index (χ3n) is 5.00. The van der Waals surface area contributed by atoms with Crippen molar-refractivity contribution in [2.75, 3.05) is 13.7 Å². The maximum atomic E-state index is 12.6. The van der Waals surface area contributed by atoms with Crippen LogP contribution in [0.3, 0.4) is 0 Å². The molecule has 0 saturated carbocycles. The first-order valence-corrected chi connectivity index (χ1v) is 8.98. The van der Waals surface area contributed by atoms with Gasteiger partial charge in [-0.1, -0.05) is 36.3 Å². The molecule has 0 bridgehead atoms. The first-order valence-electron chi connectivity index (χ1n) is 8.98. The van der Waals surface area contributed by atoms with E-state index >= 15 is 0 Å². The lowest BCUT2D eigenvalue weighted by molar-refractivity contribution is -0.135. The molecule has 1 unspecified atom stereocenters. The van der Waals surface area contributed by atoms with Crippen molar-refractivity contribution in [3.63, 3.8) is 0 Å². The Labute approximate surface area is 153 Å². The summed E-state index contributed by atoms with van der Waals surface area (Å²) in [5, 5.41) is 3.84. The first kappa shape index (κ1) is 18.2. The molecule has 26 heavy (non-hydrogen) atoms. The Hall–Kier alpha value is -2.63. The maximum absolute atomic E-state index is 12.6. The standard InChI is InChI=1S/C20H24N2O4/c1-4-16-19(13(2)26-21-16)20(24)25-12-18(23)22(3)17-11-7-9-14-8-5-6-10-15(14)17/h5-6,8,10,17H,4,7,9,11-12H2,1-3H3. The largest absolute Gasteiger partial charge is 0.452 e. The lowest BCUT2D eigenvalue weighted by Crippen LogP contribution is -2.36. The average Bonchev–Trinajstić information content (AvgIpc) is 3.05. The third-order valence-corrected chi connectivity index (χ3v) is 5.00. The highest BCUT2D eigenvalue weighted by Gasteiger charge is 2.28. The van der Waals surface area contributed by atoms with Crippen LogP contribution in [0.25, 0.3) is 0 Å². The minimum Gasteiger partial charge on any atom is -0.452 e. The van der Waals surface area contributed by atoms with Gasteiger partial charge in [0.05, 0.1) is 11.7 Å². The lowest BCUT2D eigenvalue weighted by Gasteiger charge is -2.33. The predicted molar refractivity (Wildman–Crippen MR) is 95.8 cm³/mol. The number of amides is 1. The van der Waals surface area contributed by atoms with Crippen molar-refractivity contribution < 1.29 is 18.8 Å². The van der Waals surface area contributed by atoms with E-state index in [1.165, 1.54) is 11.1 Å². The maximum Gasteiger partial charge on any atom is 0.344 e. The molecule has 1 amide bonds. The zero-order chi connectivity index (χ0) is 18.7. The molecule has 6 heteroatoms. The molecule has 0 radical (unpaired) electrons. The van der Waals surface area contributed by atoms with E-state index in [1.807, 2.05) is 19.1 Å². The Kier molecular flexibility index (Phi) is 5.40. The Balaban J connectivity index is 1.65. The number of ether oxygens (including phenoxy) is 1. The molecule has 0 saturated heterocycles. The summed E-state index contributed by atoms with van der Waals surface area (Å²) in [6.07, 6.45) is 3.56. The van der Waals surface area contributed by atoms with Crippen molar-refractivity contribution in [1.82, 2.24) is 10.1 Å². The van der Waals surface area contributed by atoms with Crippen molar-refractivity contribution in [3.05, 3.63) is 52.4 Å². The van der Waals surface area contributed by atoms with E-state index in [0.717, 1.165) is 19.3 Å². The van der Waals surface area contributed by atoms with Crippen LogP contribution in [-0.2, 0) is 22.4 Å². The van der Waals surface area contributed by atoms with Crippen LogP contribution in [-0.4, -0.2) is 35.6 Å². The number of rotatable bonds is 5. The van der Waals surface area contributed by atoms with Crippen molar-refractivity contribution in [2.45, 2.75) is 45.6 Å². The number of benzene rings is 1. The highest BCUT2D eigenvalue weighted by atomic mass is 16.5. The van der Waals surface area contributed by atoms with E-state index in [2.05, 4.69) is 17.3 Å². The third kappa shape index (κ3) is 3.49. The van der Waals surface area contributed by atoms with Gasteiger partial charge in [0, 0.05) is 7.05 Å². The molecule has 1 aromatic carbocycles. The van der Waals surface area contributed by atoms with Gasteiger partial charge < -0.3 is 14.2 Å². The molecule has 0 N–H and O–H groups in total. The van der Waals surface area contributed by atoms with Gasteiger partial charge in [-0.2, -0.15) is 0 Å². The van der Waals surface area contributed by atoms with Gasteiger partial charge in [0.25, 0.3) is 5.91 Å². The van der Waals surface area contributed by atoms with Crippen molar-refractivity contribution in [1.29, 1.82) is 0 Å². The fourth-order valence-electron chi connectivity index (χ4n) is 3.53. The molecule has 0 aliphatic heterocycles. The number of aryl methyl sites for hydroxylation is 3. The highest BCUT2D eigenvalue weighted by molar-refractivity contribution is 5.93. The van der Waals surface area contributed by atoms with Gasteiger partial charge in [0.2, 0.25) is 0 Å². The van der Waals surface area contributed by atoms with Crippen molar-refractivity contribution in [3.8, 4) is 0 Å². The minimum atomic E-state index is -0.564. The molecule has 0 fully saturated rings. The highest BCUT2D eigenvalue weighted by Crippen LogP contribution is 2.33. The summed E-state index contributed by atoms with van der Waals surface area (Å²) in [6, 6.07) is 8.23. The second-order valence-corrected chi connectivity index (χ2v) is 6.60. The molecule has 138 valence electrons. The van der Waals surface area contributed by atoms with Crippen LogP contribution in [0.5, 0.6) is 0 Å². The molecule has 1 aromatic heterocycles. The molecule has 1 heterocycles. The quantitative estimate of drug-likeness (QED) is 0.769. The number of carbonyl (C=O) groups is 2. The number of nitrogens with zero attached hydrogens (tertiary/aromatic N) is 2. The summed E-state index contributed by atoms with van der Waals surface area (Å²) in [5.74, 6) is -0.368. The predicted octanol–water partition coefficient (Wildman–Crippen LogP) is 3.24. The topological polar surface area (TPSA) is 72.6 Å². The fourth-order valence-corrected chi connectivity index (χ4v) is 3.53. The number of hydrogen-bond acceptors (Lipinski definition) is 5. The molecule has 2 aromatic rings. The zero-order valence-electron chi connectivity index (χ0n) is 15.4. The van der Waals surface area contributed by atoms with E-state index in [1.54, 1.807) is 18.9 Å². The van der Waals surface area contributed by atoms with E-state index < -0.39 is 5.97 Å². The summed E-state index contributed by atoms with van der Waals surface area (Å²) in [6.45, 7) is 3.25. The van der Waals surface area contributed by atoms with E-state index in [9.17, 15) is 9.59 Å². The average molecular weight is 356 g/mol. The Bertz CT molecular complexity index is 812. The summed E-state index contributed by atoms with van der Waals surface area (Å²) in [5.41, 5.74) is 3.35. The van der Waals surface area contributed by atoms with Crippen LogP contribution in [0.1, 0.15) is 58.7 Å². The van der Waals surface area contributed by atoms with Gasteiger partial charge in [-0.05, 0) is 43.7 Å². The van der Waals surface area contributed by atoms with Crippen LogP contribution in [0.4, 0.5) is 0 Å². The van der Waals surface area contributed by atoms with Gasteiger partial charge in [0.1, 0.15) is 11.3 Å². The number of fused-ring (bicyclic) bond motifs is 1. The fraction of sp³-hybridized carbons (Fsp3) is 0.450. The molecule has 6 nitrogen and oxygen atoms in total. The van der Waals surface area contributed by atoms with Crippen LogP contribution in [0.2, 0.25) is 0 Å². The van der Waals surface area contributed by atoms with Crippen LogP contribution >= 0.6 is 0 Å². The minimum absolute atomic E-state index is 0.0229. The summed E-state index contributed by atoms with van der Waals surface area (Å²) < 4.78 is 10.3. The van der Waals surface area contributed by atoms with E-state index in [4.69, 9.17) is 9.26 Å². The van der Waals surface area contributed by atoms with Gasteiger partial charge in [-0.3, -0.25) is 4.79 Å². The number of esters is 1. The normalized spacial score (nSPS) is 16.0. The van der Waals surface area contributed by atoms with Crippen molar-refractivity contribution in [2.24, 2.45) is 0 Å². The van der Waals surface area contributed by atoms with E-state index in [-0.39, 0.29) is 18.6 Å². The Morgan fingerprint density at radius 1 is 1.35 bits per heavy atom. The molecular formula is C20H24N2O4. The van der Waals surface area contributed by atoms with Crippen LogP contribution in [0.15, 0.2) is 28.8 Å². The molecule has 0 spiro atoms. The second kappa shape index (κ2) is 7.72. The number of likely N-dealkylation sites (N-methyl/N-ethyl adjacent to an activating group) is 1. The molecule has 3 rings (SSSR count). The number of hydrogen-bond donors (Lipinski definition) is 0. The molecule has 1 atom stereocenters. The molecular weight excluding hydrogens is 332 g/mol. The molecule has 1 aliphatic carbocycles. The van der Waals surface area contributed by atoms with Gasteiger partial charge in [-0.25, -0.2) is 4.79 Å². The van der Waals surface area contributed by atoms with Crippen LogP contribution < -0.4 is 0 Å². The number of aromatic nitrogens is 1. The Morgan fingerprint density at radius 2 is 2.12 bits per heavy atom. The first-order chi connectivity index (χ1) is 12.5. The van der Waals surface area contributed by atoms with Gasteiger partial charge in [0.15, 0.2) is 6.61 Å². The SMILES string of the molecule is CCc1noc(C)c1C(=O)OCC(=O)N(C)C1CCCc2ccccc21. The van der Waals surface area contributed by atoms with Gasteiger partial charge >= 0.3 is 5.97 Å².